The number of esters is 5. The summed E-state index contributed by atoms with van der Waals surface area (Å²) in [6, 6.07) is 12.9. The first kappa shape index (κ1) is 30.5. The first-order valence-electron chi connectivity index (χ1n) is 14.7. The van der Waals surface area contributed by atoms with Crippen LogP contribution >= 0.6 is 0 Å². The van der Waals surface area contributed by atoms with E-state index in [4.69, 9.17) is 14.2 Å². The molecule has 0 amide bonds. The third-order valence-corrected chi connectivity index (χ3v) is 8.78. The summed E-state index contributed by atoms with van der Waals surface area (Å²) in [7, 11) is 0. The van der Waals surface area contributed by atoms with Crippen LogP contribution in [0.25, 0.3) is 11.1 Å². The van der Waals surface area contributed by atoms with Crippen molar-refractivity contribution >= 4 is 29.8 Å². The summed E-state index contributed by atoms with van der Waals surface area (Å²) in [6.45, 7) is 11.7. The second-order valence-electron chi connectivity index (χ2n) is 11.6. The fourth-order valence-electron chi connectivity index (χ4n) is 5.96. The van der Waals surface area contributed by atoms with Gasteiger partial charge in [-0.25, -0.2) is 24.0 Å². The van der Waals surface area contributed by atoms with Crippen molar-refractivity contribution in [3.63, 3.8) is 0 Å². The number of cyclic esters (lactones) is 3. The summed E-state index contributed by atoms with van der Waals surface area (Å²) in [4.78, 5) is 62.0. The highest BCUT2D eigenvalue weighted by Crippen LogP contribution is 2.40. The molecule has 4 aromatic carbocycles. The van der Waals surface area contributed by atoms with E-state index in [9.17, 15) is 24.0 Å². The van der Waals surface area contributed by atoms with Crippen LogP contribution in [0.5, 0.6) is 11.5 Å². The second kappa shape index (κ2) is 11.4. The summed E-state index contributed by atoms with van der Waals surface area (Å²) in [5.74, 6) is -2.23. The lowest BCUT2D eigenvalue weighted by molar-refractivity contribution is 0.0439. The highest BCUT2D eigenvalue weighted by atomic mass is 16.6. The molecule has 46 heavy (non-hydrogen) atoms. The highest BCUT2D eigenvalue weighted by molar-refractivity contribution is 6.15. The molecular weight excluding hydrogens is 588 g/mol. The Morgan fingerprint density at radius 3 is 1.63 bits per heavy atom. The summed E-state index contributed by atoms with van der Waals surface area (Å²) >= 11 is 0. The van der Waals surface area contributed by atoms with Gasteiger partial charge in [0.1, 0.15) is 11.5 Å². The molecule has 0 spiro atoms. The van der Waals surface area contributed by atoms with Crippen LogP contribution in [-0.2, 0) is 15.9 Å². The lowest BCUT2D eigenvalue weighted by atomic mass is 9.88. The molecule has 0 atom stereocenters. The molecule has 0 bridgehead atoms. The number of aryl methyl sites for hydroxylation is 2. The number of carbonyl (C=O) groups excluding carboxylic acids is 5. The molecule has 232 valence electrons. The van der Waals surface area contributed by atoms with Gasteiger partial charge >= 0.3 is 29.8 Å². The summed E-state index contributed by atoms with van der Waals surface area (Å²) in [5, 5.41) is 0. The zero-order chi connectivity index (χ0) is 33.0. The molecule has 0 saturated carbocycles. The number of benzene rings is 4. The standard InChI is InChI=1S/C37H30O9/c1-17-13-28(19(3)21(5)31(17)44-33(38)24-7-9-26-23(15-24)11-12-43-35(26)40)29-14-18(2)32(22(6)20(29)4)45-34(39)25-8-10-27-30(16-25)37(42)46-36(27)41/h7-10,13-16H,11-12H2,1-6H3. The van der Waals surface area contributed by atoms with Crippen molar-refractivity contribution < 1.29 is 42.9 Å². The van der Waals surface area contributed by atoms with Gasteiger partial charge in [0.25, 0.3) is 0 Å². The Kier molecular flexibility index (Phi) is 7.56. The van der Waals surface area contributed by atoms with E-state index >= 15 is 0 Å². The first-order valence-corrected chi connectivity index (χ1v) is 14.7. The van der Waals surface area contributed by atoms with E-state index < -0.39 is 29.8 Å². The van der Waals surface area contributed by atoms with Gasteiger partial charge in [0.15, 0.2) is 0 Å². The SMILES string of the molecule is Cc1cc(-c2cc(C)c(OC(=O)c3ccc4c(c3)C(=O)OC4=O)c(C)c2C)c(C)c(C)c1OC(=O)c1ccc2c(c1)CCOC2=O. The van der Waals surface area contributed by atoms with E-state index in [1.54, 1.807) is 18.2 Å². The molecule has 2 aliphatic heterocycles. The maximum absolute atomic E-state index is 13.2. The molecule has 0 unspecified atom stereocenters. The Balaban J connectivity index is 1.28. The number of carbonyl (C=O) groups is 5. The van der Waals surface area contributed by atoms with E-state index in [1.165, 1.54) is 18.2 Å². The minimum absolute atomic E-state index is 0.0315. The molecule has 0 aliphatic carbocycles. The fourth-order valence-corrected chi connectivity index (χ4v) is 5.96. The Morgan fingerprint density at radius 2 is 1.07 bits per heavy atom. The van der Waals surface area contributed by atoms with Gasteiger partial charge in [0.05, 0.1) is 34.4 Å². The highest BCUT2D eigenvalue weighted by Gasteiger charge is 2.31. The van der Waals surface area contributed by atoms with Crippen molar-refractivity contribution in [3.8, 4) is 22.6 Å². The number of hydrogen-bond acceptors (Lipinski definition) is 9. The van der Waals surface area contributed by atoms with E-state index in [-0.39, 0.29) is 23.3 Å². The van der Waals surface area contributed by atoms with E-state index in [2.05, 4.69) is 4.74 Å². The third kappa shape index (κ3) is 5.13. The molecule has 9 nitrogen and oxygen atoms in total. The summed E-state index contributed by atoms with van der Waals surface area (Å²) in [6.07, 6.45) is 0.539. The molecule has 0 N–H and O–H groups in total. The lowest BCUT2D eigenvalue weighted by Gasteiger charge is -2.21. The van der Waals surface area contributed by atoms with Crippen LogP contribution < -0.4 is 9.47 Å². The Bertz CT molecular complexity index is 2050. The normalized spacial score (nSPS) is 13.5. The molecule has 0 radical (unpaired) electrons. The summed E-state index contributed by atoms with van der Waals surface area (Å²) < 4.78 is 21.4. The molecule has 0 aromatic heterocycles. The van der Waals surface area contributed by atoms with Gasteiger partial charge in [-0.2, -0.15) is 0 Å². The Labute approximate surface area is 265 Å². The van der Waals surface area contributed by atoms with E-state index in [0.29, 0.717) is 29.0 Å². The average molecular weight is 619 g/mol. The molecule has 2 aliphatic rings. The number of hydrogen-bond donors (Lipinski definition) is 0. The molecule has 0 saturated heterocycles. The fraction of sp³-hybridized carbons (Fsp3) is 0.216. The van der Waals surface area contributed by atoms with Gasteiger partial charge in [-0.3, -0.25) is 0 Å². The van der Waals surface area contributed by atoms with Crippen LogP contribution in [0.3, 0.4) is 0 Å². The largest absolute Gasteiger partial charge is 0.462 e. The molecule has 0 fully saturated rings. The third-order valence-electron chi connectivity index (χ3n) is 8.78. The van der Waals surface area contributed by atoms with Crippen molar-refractivity contribution in [2.45, 2.75) is 48.0 Å². The van der Waals surface area contributed by atoms with Gasteiger partial charge in [-0.1, -0.05) is 0 Å². The second-order valence-corrected chi connectivity index (χ2v) is 11.6. The predicted molar refractivity (Wildman–Crippen MR) is 167 cm³/mol. The van der Waals surface area contributed by atoms with Gasteiger partial charge in [-0.05, 0) is 140 Å². The van der Waals surface area contributed by atoms with Gasteiger partial charge in [0.2, 0.25) is 0 Å². The minimum atomic E-state index is -0.796. The smallest absolute Gasteiger partial charge is 0.346 e. The summed E-state index contributed by atoms with van der Waals surface area (Å²) in [5.41, 5.74) is 8.63. The average Bonchev–Trinajstić information content (AvgIpc) is 3.32. The molecule has 6 rings (SSSR count). The monoisotopic (exact) mass is 618 g/mol. The van der Waals surface area contributed by atoms with Crippen LogP contribution in [0.4, 0.5) is 0 Å². The number of ether oxygens (including phenoxy) is 4. The van der Waals surface area contributed by atoms with Crippen LogP contribution in [0.15, 0.2) is 48.5 Å². The Hall–Kier alpha value is -5.57. The predicted octanol–water partition coefficient (Wildman–Crippen LogP) is 6.67. The zero-order valence-corrected chi connectivity index (χ0v) is 26.2. The van der Waals surface area contributed by atoms with Gasteiger partial charge in [0, 0.05) is 6.42 Å². The van der Waals surface area contributed by atoms with Crippen molar-refractivity contribution in [3.05, 3.63) is 115 Å². The number of rotatable bonds is 5. The topological polar surface area (TPSA) is 122 Å². The van der Waals surface area contributed by atoms with Gasteiger partial charge in [-0.15, -0.1) is 0 Å². The molecule has 4 aromatic rings. The van der Waals surface area contributed by atoms with E-state index in [1.807, 2.05) is 53.7 Å². The lowest BCUT2D eigenvalue weighted by Crippen LogP contribution is -2.19. The molecule has 9 heteroatoms. The van der Waals surface area contributed by atoms with Crippen LogP contribution in [0.2, 0.25) is 0 Å². The van der Waals surface area contributed by atoms with Crippen molar-refractivity contribution in [2.75, 3.05) is 6.61 Å². The minimum Gasteiger partial charge on any atom is -0.462 e. The van der Waals surface area contributed by atoms with Crippen LogP contribution in [-0.4, -0.2) is 36.5 Å². The molecule has 2 heterocycles. The maximum Gasteiger partial charge on any atom is 0.346 e. The zero-order valence-electron chi connectivity index (χ0n) is 26.2. The maximum atomic E-state index is 13.2. The first-order chi connectivity index (χ1) is 21.8. The van der Waals surface area contributed by atoms with Crippen LogP contribution in [0.1, 0.15) is 90.7 Å². The van der Waals surface area contributed by atoms with Crippen molar-refractivity contribution in [1.82, 2.24) is 0 Å². The van der Waals surface area contributed by atoms with Crippen molar-refractivity contribution in [2.24, 2.45) is 0 Å². The Morgan fingerprint density at radius 1 is 0.565 bits per heavy atom. The number of fused-ring (bicyclic) bond motifs is 2. The quantitative estimate of drug-likeness (QED) is 0.137. The van der Waals surface area contributed by atoms with Crippen molar-refractivity contribution in [1.29, 1.82) is 0 Å². The van der Waals surface area contributed by atoms with E-state index in [0.717, 1.165) is 50.1 Å². The molecular formula is C37H30O9. The van der Waals surface area contributed by atoms with Gasteiger partial charge < -0.3 is 18.9 Å². The van der Waals surface area contributed by atoms with Crippen LogP contribution in [0, 0.1) is 41.5 Å².